The van der Waals surface area contributed by atoms with E-state index in [1.807, 2.05) is 13.8 Å². The van der Waals surface area contributed by atoms with Crippen LogP contribution in [0, 0.1) is 4.77 Å². The highest BCUT2D eigenvalue weighted by molar-refractivity contribution is 7.71. The van der Waals surface area contributed by atoms with Gasteiger partial charge in [0.2, 0.25) is 0 Å². The van der Waals surface area contributed by atoms with Gasteiger partial charge in [0.05, 0.1) is 18.2 Å². The molecule has 23 heavy (non-hydrogen) atoms. The zero-order chi connectivity index (χ0) is 17.2. The summed E-state index contributed by atoms with van der Waals surface area (Å²) in [5, 5.41) is 0. The molecule has 0 amide bonds. The molecule has 0 fully saturated rings. The van der Waals surface area contributed by atoms with Gasteiger partial charge in [-0.2, -0.15) is 0 Å². The van der Waals surface area contributed by atoms with Crippen LogP contribution in [0.5, 0.6) is 0 Å². The van der Waals surface area contributed by atoms with Crippen molar-refractivity contribution in [2.45, 2.75) is 33.2 Å². The molecule has 0 unspecified atom stereocenters. The third-order valence-electron chi connectivity index (χ3n) is 3.06. The normalized spacial score (nSPS) is 12.4. The van der Waals surface area contributed by atoms with Crippen LogP contribution in [0.15, 0.2) is 17.1 Å². The third-order valence-corrected chi connectivity index (χ3v) is 3.95. The van der Waals surface area contributed by atoms with Crippen molar-refractivity contribution >= 4 is 31.1 Å². The largest absolute Gasteiger partial charge is 0.471 e. The van der Waals surface area contributed by atoms with Gasteiger partial charge in [0, 0.05) is 12.7 Å². The summed E-state index contributed by atoms with van der Waals surface area (Å²) in [4.78, 5) is 32.8. The molecule has 128 valence electrons. The summed E-state index contributed by atoms with van der Waals surface area (Å²) >= 11 is 5.26. The van der Waals surface area contributed by atoms with Crippen molar-refractivity contribution in [1.82, 2.24) is 14.1 Å². The van der Waals surface area contributed by atoms with Crippen LogP contribution in [0.25, 0.3) is 11.0 Å². The van der Waals surface area contributed by atoms with Gasteiger partial charge in [-0.05, 0) is 32.1 Å². The number of phosphoric ester groups is 1. The number of fused-ring (bicyclic) bond motifs is 1. The van der Waals surface area contributed by atoms with Crippen LogP contribution in [0.2, 0.25) is 0 Å². The standard InChI is InChI=1S/C12H18N3O6PS/c1-8(2)20-6-5-14-9-3-4-13-10(9)11(16)15(12(14)23)7-21-22(17,18)19/h3-4,8,13H,5-7H2,1-2H3,(H2,17,18,19). The summed E-state index contributed by atoms with van der Waals surface area (Å²) < 4.78 is 23.5. The van der Waals surface area contributed by atoms with Crippen molar-refractivity contribution < 1.29 is 23.6 Å². The molecule has 0 spiro atoms. The topological polar surface area (TPSA) is 119 Å². The molecule has 0 aliphatic rings. The molecule has 2 aromatic heterocycles. The molecule has 0 aliphatic carbocycles. The van der Waals surface area contributed by atoms with Gasteiger partial charge in [-0.1, -0.05) is 0 Å². The van der Waals surface area contributed by atoms with Crippen molar-refractivity contribution in [3.05, 3.63) is 27.4 Å². The minimum Gasteiger partial charge on any atom is -0.377 e. The second-order valence-corrected chi connectivity index (χ2v) is 6.68. The lowest BCUT2D eigenvalue weighted by atomic mass is 10.4. The van der Waals surface area contributed by atoms with E-state index in [2.05, 4.69) is 9.51 Å². The van der Waals surface area contributed by atoms with Gasteiger partial charge < -0.3 is 24.1 Å². The number of H-pyrrole nitrogens is 1. The summed E-state index contributed by atoms with van der Waals surface area (Å²) in [5.41, 5.74) is 0.363. The quantitative estimate of drug-likeness (QED) is 0.502. The molecule has 2 rings (SSSR count). The lowest BCUT2D eigenvalue weighted by Gasteiger charge is -2.15. The maximum Gasteiger partial charge on any atom is 0.471 e. The first-order chi connectivity index (χ1) is 10.7. The van der Waals surface area contributed by atoms with Crippen molar-refractivity contribution in [3.63, 3.8) is 0 Å². The van der Waals surface area contributed by atoms with Gasteiger partial charge in [0.15, 0.2) is 4.77 Å². The molecule has 2 heterocycles. The monoisotopic (exact) mass is 363 g/mol. The van der Waals surface area contributed by atoms with E-state index in [1.165, 1.54) is 0 Å². The van der Waals surface area contributed by atoms with Crippen molar-refractivity contribution in [1.29, 1.82) is 0 Å². The maximum absolute atomic E-state index is 12.3. The average Bonchev–Trinajstić information content (AvgIpc) is 2.90. The molecule has 0 saturated heterocycles. The molecule has 0 aliphatic heterocycles. The smallest absolute Gasteiger partial charge is 0.377 e. The highest BCUT2D eigenvalue weighted by Gasteiger charge is 2.17. The van der Waals surface area contributed by atoms with Crippen LogP contribution in [-0.2, 0) is 27.1 Å². The van der Waals surface area contributed by atoms with Crippen LogP contribution < -0.4 is 5.56 Å². The number of aromatic amines is 1. The van der Waals surface area contributed by atoms with Crippen molar-refractivity contribution in [2.75, 3.05) is 6.61 Å². The first-order valence-electron chi connectivity index (χ1n) is 6.83. The number of hydrogen-bond donors (Lipinski definition) is 3. The van der Waals surface area contributed by atoms with E-state index in [4.69, 9.17) is 26.7 Å². The predicted octanol–water partition coefficient (Wildman–Crippen LogP) is 1.35. The van der Waals surface area contributed by atoms with Crippen molar-refractivity contribution in [3.8, 4) is 0 Å². The van der Waals surface area contributed by atoms with E-state index in [-0.39, 0.29) is 16.4 Å². The number of ether oxygens (including phenoxy) is 1. The fourth-order valence-electron chi connectivity index (χ4n) is 2.07. The van der Waals surface area contributed by atoms with Crippen LogP contribution >= 0.6 is 20.0 Å². The molecular weight excluding hydrogens is 345 g/mol. The Kier molecular flexibility index (Phi) is 5.56. The first-order valence-corrected chi connectivity index (χ1v) is 8.77. The average molecular weight is 363 g/mol. The van der Waals surface area contributed by atoms with Crippen LogP contribution in [0.1, 0.15) is 13.8 Å². The van der Waals surface area contributed by atoms with Gasteiger partial charge in [-0.15, -0.1) is 0 Å². The lowest BCUT2D eigenvalue weighted by molar-refractivity contribution is 0.0723. The van der Waals surface area contributed by atoms with Crippen LogP contribution in [-0.4, -0.2) is 36.6 Å². The Balaban J connectivity index is 2.45. The first kappa shape index (κ1) is 18.1. The fraction of sp³-hybridized carbons (Fsp3) is 0.500. The highest BCUT2D eigenvalue weighted by Crippen LogP contribution is 2.35. The maximum atomic E-state index is 12.3. The molecule has 0 atom stereocenters. The third kappa shape index (κ3) is 4.37. The predicted molar refractivity (Wildman–Crippen MR) is 85.6 cm³/mol. The zero-order valence-electron chi connectivity index (χ0n) is 12.6. The number of nitrogens with one attached hydrogen (secondary N) is 1. The van der Waals surface area contributed by atoms with E-state index in [9.17, 15) is 9.36 Å². The van der Waals surface area contributed by atoms with Crippen LogP contribution in [0.3, 0.4) is 0 Å². The Morgan fingerprint density at radius 3 is 2.70 bits per heavy atom. The van der Waals surface area contributed by atoms with Crippen LogP contribution in [0.4, 0.5) is 0 Å². The molecule has 0 saturated carbocycles. The van der Waals surface area contributed by atoms with E-state index in [0.29, 0.717) is 18.7 Å². The Hall–Kier alpha value is -1.29. The summed E-state index contributed by atoms with van der Waals surface area (Å²) in [5.74, 6) is 0. The second kappa shape index (κ2) is 7.08. The van der Waals surface area contributed by atoms with Gasteiger partial charge in [0.25, 0.3) is 5.56 Å². The molecule has 0 radical (unpaired) electrons. The summed E-state index contributed by atoms with van der Waals surface area (Å²) in [7, 11) is -4.72. The summed E-state index contributed by atoms with van der Waals surface area (Å²) in [6.45, 7) is 3.94. The minimum atomic E-state index is -4.72. The summed E-state index contributed by atoms with van der Waals surface area (Å²) in [6.07, 6.45) is 1.64. The van der Waals surface area contributed by atoms with Gasteiger partial charge >= 0.3 is 7.82 Å². The van der Waals surface area contributed by atoms with Gasteiger partial charge in [0.1, 0.15) is 12.2 Å². The van der Waals surface area contributed by atoms with E-state index < -0.39 is 20.1 Å². The minimum absolute atomic E-state index is 0.0507. The second-order valence-electron chi connectivity index (χ2n) is 5.07. The van der Waals surface area contributed by atoms with E-state index in [1.54, 1.807) is 16.8 Å². The number of hydrogen-bond acceptors (Lipinski definition) is 5. The Labute approximate surface area is 136 Å². The number of phosphoric acid groups is 1. The Morgan fingerprint density at radius 1 is 1.39 bits per heavy atom. The molecule has 2 aromatic rings. The van der Waals surface area contributed by atoms with Gasteiger partial charge in [-0.25, -0.2) is 4.57 Å². The fourth-order valence-corrected chi connectivity index (χ4v) is 2.66. The molecule has 9 nitrogen and oxygen atoms in total. The Morgan fingerprint density at radius 2 is 2.09 bits per heavy atom. The summed E-state index contributed by atoms with van der Waals surface area (Å²) in [6, 6.07) is 1.70. The number of rotatable bonds is 7. The number of nitrogens with zero attached hydrogens (tertiary/aromatic N) is 2. The van der Waals surface area contributed by atoms with Crippen molar-refractivity contribution in [2.24, 2.45) is 0 Å². The molecule has 0 aromatic carbocycles. The zero-order valence-corrected chi connectivity index (χ0v) is 14.3. The molecule has 11 heteroatoms. The SMILES string of the molecule is CC(C)OCCn1c(=S)n(COP(=O)(O)O)c(=O)c2[nH]ccc21. The molecule has 3 N–H and O–H groups in total. The number of aromatic nitrogens is 3. The van der Waals surface area contributed by atoms with E-state index in [0.717, 1.165) is 4.57 Å². The molecule has 0 bridgehead atoms. The van der Waals surface area contributed by atoms with Gasteiger partial charge in [-0.3, -0.25) is 13.9 Å². The highest BCUT2D eigenvalue weighted by atomic mass is 32.1. The van der Waals surface area contributed by atoms with E-state index >= 15 is 0 Å². The lowest BCUT2D eigenvalue weighted by Crippen LogP contribution is -2.27. The Bertz CT molecular complexity index is 849. The molecular formula is C12H18N3O6PS.